The number of carbonyl (C=O) groups excluding carboxylic acids is 2. The van der Waals surface area contributed by atoms with Gasteiger partial charge in [-0.3, -0.25) is 9.59 Å². The molecule has 1 heterocycles. The van der Waals surface area contributed by atoms with Gasteiger partial charge in [0, 0.05) is 18.5 Å². The number of anilines is 1. The number of rotatable bonds is 4. The summed E-state index contributed by atoms with van der Waals surface area (Å²) < 4.78 is 13.8. The number of hydrogen-bond acceptors (Lipinski definition) is 2. The van der Waals surface area contributed by atoms with Crippen molar-refractivity contribution in [1.29, 1.82) is 0 Å². The van der Waals surface area contributed by atoms with Gasteiger partial charge in [-0.15, -0.1) is 0 Å². The predicted octanol–water partition coefficient (Wildman–Crippen LogP) is 2.48. The lowest BCUT2D eigenvalue weighted by Gasteiger charge is -2.26. The summed E-state index contributed by atoms with van der Waals surface area (Å²) >= 11 is 0. The average Bonchev–Trinajstić information content (AvgIpc) is 2.81. The number of carbonyl (C=O) groups is 2. The summed E-state index contributed by atoms with van der Waals surface area (Å²) in [6.45, 7) is 6.10. The van der Waals surface area contributed by atoms with Crippen molar-refractivity contribution >= 4 is 17.5 Å². The van der Waals surface area contributed by atoms with Crippen LogP contribution in [0.15, 0.2) is 24.3 Å². The lowest BCUT2D eigenvalue weighted by Crippen LogP contribution is -2.46. The molecule has 0 bridgehead atoms. The molecule has 4 nitrogen and oxygen atoms in total. The largest absolute Gasteiger partial charge is 0.351 e. The molecule has 0 saturated carbocycles. The molecular formula is C16H21FN2O2. The highest BCUT2D eigenvalue weighted by Gasteiger charge is 2.37. The molecule has 114 valence electrons. The van der Waals surface area contributed by atoms with Gasteiger partial charge in [-0.05, 0) is 32.4 Å². The van der Waals surface area contributed by atoms with Crippen LogP contribution in [-0.4, -0.2) is 23.9 Å². The second kappa shape index (κ2) is 5.84. The molecule has 21 heavy (non-hydrogen) atoms. The number of para-hydroxylation sites is 1. The standard InChI is InChI=1S/C16H21FN2O2/c1-4-16(2,3)18-15(21)11-9-14(20)19(10-11)13-8-6-5-7-12(13)17/h5-8,11H,4,9-10H2,1-3H3,(H,18,21). The molecule has 0 spiro atoms. The molecule has 1 unspecified atom stereocenters. The first-order valence-electron chi connectivity index (χ1n) is 7.21. The van der Waals surface area contributed by atoms with Crippen molar-refractivity contribution in [3.63, 3.8) is 0 Å². The second-order valence-electron chi connectivity index (χ2n) is 6.08. The quantitative estimate of drug-likeness (QED) is 0.927. The molecule has 5 heteroatoms. The van der Waals surface area contributed by atoms with Crippen molar-refractivity contribution in [2.75, 3.05) is 11.4 Å². The van der Waals surface area contributed by atoms with Crippen molar-refractivity contribution in [2.24, 2.45) is 5.92 Å². The summed E-state index contributed by atoms with van der Waals surface area (Å²) in [6, 6.07) is 6.13. The molecule has 1 aromatic carbocycles. The summed E-state index contributed by atoms with van der Waals surface area (Å²) in [5.41, 5.74) is -0.0569. The fourth-order valence-corrected chi connectivity index (χ4v) is 2.31. The molecular weight excluding hydrogens is 271 g/mol. The van der Waals surface area contributed by atoms with Crippen LogP contribution in [0.2, 0.25) is 0 Å². The molecule has 2 rings (SSSR count). The first-order chi connectivity index (χ1) is 9.84. The van der Waals surface area contributed by atoms with E-state index in [-0.39, 0.29) is 36.0 Å². The van der Waals surface area contributed by atoms with E-state index in [1.54, 1.807) is 18.2 Å². The molecule has 1 aromatic rings. The number of nitrogens with one attached hydrogen (secondary N) is 1. The number of nitrogens with zero attached hydrogens (tertiary/aromatic N) is 1. The SMILES string of the molecule is CCC(C)(C)NC(=O)C1CC(=O)N(c2ccccc2F)C1. The summed E-state index contributed by atoms with van der Waals surface area (Å²) in [7, 11) is 0. The predicted molar refractivity (Wildman–Crippen MR) is 79.4 cm³/mol. The topological polar surface area (TPSA) is 49.4 Å². The minimum Gasteiger partial charge on any atom is -0.351 e. The van der Waals surface area contributed by atoms with E-state index in [9.17, 15) is 14.0 Å². The van der Waals surface area contributed by atoms with Gasteiger partial charge in [-0.1, -0.05) is 19.1 Å². The lowest BCUT2D eigenvalue weighted by atomic mass is 9.99. The zero-order valence-electron chi connectivity index (χ0n) is 12.6. The van der Waals surface area contributed by atoms with Crippen LogP contribution >= 0.6 is 0 Å². The number of amides is 2. The first kappa shape index (κ1) is 15.5. The van der Waals surface area contributed by atoms with Crippen LogP contribution in [0.1, 0.15) is 33.6 Å². The van der Waals surface area contributed by atoms with Gasteiger partial charge in [0.1, 0.15) is 5.82 Å². The molecule has 1 fully saturated rings. The van der Waals surface area contributed by atoms with Crippen LogP contribution in [-0.2, 0) is 9.59 Å². The van der Waals surface area contributed by atoms with E-state index in [0.29, 0.717) is 0 Å². The third-order valence-corrected chi connectivity index (χ3v) is 3.98. The van der Waals surface area contributed by atoms with Gasteiger partial charge in [-0.2, -0.15) is 0 Å². The Hall–Kier alpha value is -1.91. The van der Waals surface area contributed by atoms with Crippen LogP contribution < -0.4 is 10.2 Å². The van der Waals surface area contributed by atoms with Gasteiger partial charge in [0.25, 0.3) is 0 Å². The molecule has 1 aliphatic rings. The Kier molecular flexibility index (Phi) is 4.30. The summed E-state index contributed by atoms with van der Waals surface area (Å²) in [4.78, 5) is 25.7. The fraction of sp³-hybridized carbons (Fsp3) is 0.500. The third-order valence-electron chi connectivity index (χ3n) is 3.98. The molecule has 1 aliphatic heterocycles. The third kappa shape index (κ3) is 3.40. The van der Waals surface area contributed by atoms with Crippen molar-refractivity contribution in [2.45, 2.75) is 39.2 Å². The van der Waals surface area contributed by atoms with Crippen LogP contribution in [0.3, 0.4) is 0 Å². The Morgan fingerprint density at radius 3 is 2.71 bits per heavy atom. The highest BCUT2D eigenvalue weighted by molar-refractivity contribution is 6.00. The van der Waals surface area contributed by atoms with Gasteiger partial charge >= 0.3 is 0 Å². The van der Waals surface area contributed by atoms with Crippen LogP contribution in [0.4, 0.5) is 10.1 Å². The average molecular weight is 292 g/mol. The highest BCUT2D eigenvalue weighted by Crippen LogP contribution is 2.27. The van der Waals surface area contributed by atoms with Crippen molar-refractivity contribution in [1.82, 2.24) is 5.32 Å². The monoisotopic (exact) mass is 292 g/mol. The van der Waals surface area contributed by atoms with Gasteiger partial charge in [0.05, 0.1) is 11.6 Å². The Bertz CT molecular complexity index is 557. The van der Waals surface area contributed by atoms with Gasteiger partial charge in [0.15, 0.2) is 0 Å². The normalized spacial score (nSPS) is 19.0. The van der Waals surface area contributed by atoms with E-state index in [0.717, 1.165) is 6.42 Å². The molecule has 1 saturated heterocycles. The summed E-state index contributed by atoms with van der Waals surface area (Å²) in [5.74, 6) is -1.23. The maximum absolute atomic E-state index is 13.8. The van der Waals surface area contributed by atoms with Crippen LogP contribution in [0.25, 0.3) is 0 Å². The van der Waals surface area contributed by atoms with E-state index >= 15 is 0 Å². The van der Waals surface area contributed by atoms with E-state index in [1.807, 2.05) is 20.8 Å². The van der Waals surface area contributed by atoms with Gasteiger partial charge in [0.2, 0.25) is 11.8 Å². The second-order valence-corrected chi connectivity index (χ2v) is 6.08. The number of benzene rings is 1. The lowest BCUT2D eigenvalue weighted by molar-refractivity contribution is -0.127. The van der Waals surface area contributed by atoms with Crippen molar-refractivity contribution < 1.29 is 14.0 Å². The Labute approximate surface area is 124 Å². The zero-order chi connectivity index (χ0) is 15.6. The van der Waals surface area contributed by atoms with E-state index in [4.69, 9.17) is 0 Å². The van der Waals surface area contributed by atoms with Gasteiger partial charge < -0.3 is 10.2 Å². The molecule has 1 N–H and O–H groups in total. The minimum atomic E-state index is -0.444. The van der Waals surface area contributed by atoms with Crippen molar-refractivity contribution in [3.8, 4) is 0 Å². The number of halogens is 1. The maximum Gasteiger partial charge on any atom is 0.227 e. The van der Waals surface area contributed by atoms with E-state index in [2.05, 4.69) is 5.32 Å². The van der Waals surface area contributed by atoms with Crippen molar-refractivity contribution in [3.05, 3.63) is 30.1 Å². The smallest absolute Gasteiger partial charge is 0.227 e. The fourth-order valence-electron chi connectivity index (χ4n) is 2.31. The molecule has 1 atom stereocenters. The summed E-state index contributed by atoms with van der Waals surface area (Å²) in [5, 5.41) is 2.94. The first-order valence-corrected chi connectivity index (χ1v) is 7.21. The maximum atomic E-state index is 13.8. The number of hydrogen-bond donors (Lipinski definition) is 1. The van der Waals surface area contributed by atoms with Crippen LogP contribution in [0.5, 0.6) is 0 Å². The van der Waals surface area contributed by atoms with E-state index < -0.39 is 11.7 Å². The molecule has 0 radical (unpaired) electrons. The molecule has 0 aromatic heterocycles. The van der Waals surface area contributed by atoms with Crippen LogP contribution in [0, 0.1) is 11.7 Å². The Balaban J connectivity index is 2.10. The van der Waals surface area contributed by atoms with E-state index in [1.165, 1.54) is 11.0 Å². The highest BCUT2D eigenvalue weighted by atomic mass is 19.1. The zero-order valence-corrected chi connectivity index (χ0v) is 12.6. The minimum absolute atomic E-state index is 0.125. The molecule has 0 aliphatic carbocycles. The summed E-state index contributed by atoms with van der Waals surface area (Å²) in [6.07, 6.45) is 0.927. The van der Waals surface area contributed by atoms with Gasteiger partial charge in [-0.25, -0.2) is 4.39 Å². The Morgan fingerprint density at radius 1 is 1.43 bits per heavy atom. The Morgan fingerprint density at radius 2 is 2.10 bits per heavy atom. The molecule has 2 amide bonds.